The van der Waals surface area contributed by atoms with Gasteiger partial charge in [-0.05, 0) is 55.0 Å². The fourth-order valence-electron chi connectivity index (χ4n) is 5.33. The van der Waals surface area contributed by atoms with E-state index in [0.717, 1.165) is 20.8 Å². The lowest BCUT2D eigenvalue weighted by molar-refractivity contribution is -0.668. The van der Waals surface area contributed by atoms with Crippen LogP contribution in [0.3, 0.4) is 0 Å². The molecule has 0 amide bonds. The number of fused-ring (bicyclic) bond motifs is 2. The zero-order valence-corrected chi connectivity index (χ0v) is 31.7. The number of para-hydroxylation sites is 2. The highest BCUT2D eigenvalue weighted by atomic mass is 32.2. The van der Waals surface area contributed by atoms with Crippen LogP contribution < -0.4 is 9.47 Å². The number of benzene rings is 2. The van der Waals surface area contributed by atoms with Crippen LogP contribution in [0.25, 0.3) is 16.3 Å². The van der Waals surface area contributed by atoms with Crippen LogP contribution >= 0.6 is 23.1 Å². The summed E-state index contributed by atoms with van der Waals surface area (Å²) in [6.07, 6.45) is 9.91. The van der Waals surface area contributed by atoms with Crippen molar-refractivity contribution < 1.29 is 45.2 Å². The van der Waals surface area contributed by atoms with E-state index in [2.05, 4.69) is 9.97 Å². The van der Waals surface area contributed by atoms with Crippen molar-refractivity contribution in [1.82, 2.24) is 9.97 Å². The third-order valence-corrected chi connectivity index (χ3v) is 11.5. The van der Waals surface area contributed by atoms with Gasteiger partial charge >= 0.3 is 0 Å². The number of aliphatic hydroxyl groups excluding tert-OH is 1. The van der Waals surface area contributed by atoms with Crippen molar-refractivity contribution in [2.24, 2.45) is 0 Å². The molecule has 0 fully saturated rings. The number of nitrogens with zero attached hydrogens (tertiary/aromatic N) is 4. The van der Waals surface area contributed by atoms with Gasteiger partial charge < -0.3 is 14.6 Å². The predicted octanol–water partition coefficient (Wildman–Crippen LogP) is 5.37. The SMILES string of the molecule is O=C1C(=O)/C(=C\c2sc3ccccc3[n+]2CCCS(=O)(=O)[O-])C(O)=C1/C=C1\Sc2ccccc2N1CCCS(=O)(=O)O.c1ccncc1.c1ccncc1. The van der Waals surface area contributed by atoms with Crippen LogP contribution in [-0.4, -0.2) is 70.6 Å². The van der Waals surface area contributed by atoms with Crippen LogP contribution in [0.1, 0.15) is 17.8 Å². The zero-order valence-electron chi connectivity index (χ0n) is 28.5. The maximum absolute atomic E-state index is 13.1. The molecule has 5 aromatic rings. The fraction of sp³-hybridized carbons (Fsp3) is 0.162. The number of hydrogen-bond acceptors (Lipinski definition) is 13. The number of allylic oxidation sites excluding steroid dienone is 3. The molecular formula is C37H34N4O9S4. The second-order valence-corrected chi connectivity index (χ2v) is 16.8. The first-order valence-electron chi connectivity index (χ1n) is 16.3. The summed E-state index contributed by atoms with van der Waals surface area (Å²) in [5.74, 6) is -3.37. The minimum absolute atomic E-state index is 0.0324. The molecule has 4 heterocycles. The molecule has 0 atom stereocenters. The lowest BCUT2D eigenvalue weighted by Crippen LogP contribution is -2.36. The molecule has 1 aliphatic carbocycles. The minimum atomic E-state index is -4.42. The van der Waals surface area contributed by atoms with Crippen molar-refractivity contribution in [3.05, 3.63) is 143 Å². The molecule has 3 aromatic heterocycles. The molecule has 0 saturated heterocycles. The summed E-state index contributed by atoms with van der Waals surface area (Å²) >= 11 is 2.56. The Labute approximate surface area is 320 Å². The average molecular weight is 807 g/mol. The maximum atomic E-state index is 13.1. The molecule has 13 nitrogen and oxygen atoms in total. The van der Waals surface area contributed by atoms with E-state index in [1.165, 1.54) is 35.3 Å². The molecule has 0 unspecified atom stereocenters. The molecule has 1 aliphatic heterocycles. The van der Waals surface area contributed by atoms with E-state index in [0.29, 0.717) is 10.0 Å². The summed E-state index contributed by atoms with van der Waals surface area (Å²) in [4.78, 5) is 36.3. The first-order valence-corrected chi connectivity index (χ1v) is 21.1. The number of aliphatic hydroxyl groups is 1. The third kappa shape index (κ3) is 11.0. The molecule has 17 heteroatoms. The Hall–Kier alpha value is -5.04. The number of aryl methyl sites for hydroxylation is 1. The quantitative estimate of drug-likeness (QED) is 0.0792. The van der Waals surface area contributed by atoms with Crippen molar-refractivity contribution in [3.63, 3.8) is 0 Å². The number of Topliss-reactive ketones (excluding diaryl/α,β-unsaturated/α-hetero) is 2. The van der Waals surface area contributed by atoms with Crippen molar-refractivity contribution in [2.75, 3.05) is 23.0 Å². The van der Waals surface area contributed by atoms with Gasteiger partial charge in [0.15, 0.2) is 6.54 Å². The van der Waals surface area contributed by atoms with Gasteiger partial charge in [-0.15, -0.1) is 0 Å². The molecule has 0 radical (unpaired) electrons. The normalized spacial score (nSPS) is 15.6. The van der Waals surface area contributed by atoms with E-state index in [4.69, 9.17) is 4.55 Å². The van der Waals surface area contributed by atoms with Gasteiger partial charge in [0.25, 0.3) is 15.1 Å². The number of pyridine rings is 2. The number of anilines is 1. The van der Waals surface area contributed by atoms with Gasteiger partial charge in [0.05, 0.1) is 37.7 Å². The smallest absolute Gasteiger partial charge is 0.264 e. The Morgan fingerprint density at radius 1 is 0.778 bits per heavy atom. The average Bonchev–Trinajstić information content (AvgIpc) is 3.75. The summed E-state index contributed by atoms with van der Waals surface area (Å²) in [7, 11) is -8.60. The first kappa shape index (κ1) is 40.2. The van der Waals surface area contributed by atoms with Gasteiger partial charge in [-0.25, -0.2) is 8.42 Å². The number of thiazole rings is 1. The second-order valence-electron chi connectivity index (χ2n) is 11.5. The van der Waals surface area contributed by atoms with Crippen LogP contribution in [-0.2, 0) is 36.4 Å². The van der Waals surface area contributed by atoms with Gasteiger partial charge in [-0.2, -0.15) is 13.0 Å². The van der Waals surface area contributed by atoms with Crippen LogP contribution in [0.5, 0.6) is 0 Å². The van der Waals surface area contributed by atoms with Crippen LogP contribution in [0.15, 0.2) is 143 Å². The maximum Gasteiger partial charge on any atom is 0.264 e. The van der Waals surface area contributed by atoms with E-state index in [1.54, 1.807) is 52.5 Å². The molecule has 2 N–H and O–H groups in total. The Balaban J connectivity index is 0.000000395. The Bertz CT molecular complexity index is 2350. The number of aromatic nitrogens is 3. The van der Waals surface area contributed by atoms with Crippen LogP contribution in [0, 0.1) is 0 Å². The highest BCUT2D eigenvalue weighted by Gasteiger charge is 2.38. The van der Waals surface area contributed by atoms with E-state index in [-0.39, 0.29) is 37.1 Å². The monoisotopic (exact) mass is 806 g/mol. The molecule has 54 heavy (non-hydrogen) atoms. The number of hydrogen-bond donors (Lipinski definition) is 2. The number of carbonyl (C=O) groups excluding carboxylic acids is 2. The summed E-state index contributed by atoms with van der Waals surface area (Å²) < 4.78 is 67.6. The van der Waals surface area contributed by atoms with Gasteiger partial charge in [-0.1, -0.05) is 59.5 Å². The second kappa shape index (κ2) is 18.3. The number of ketones is 2. The largest absolute Gasteiger partial charge is 0.748 e. The van der Waals surface area contributed by atoms with Crippen molar-refractivity contribution in [3.8, 4) is 0 Å². The molecule has 2 aliphatic rings. The highest BCUT2D eigenvalue weighted by Crippen LogP contribution is 2.47. The van der Waals surface area contributed by atoms with E-state index >= 15 is 0 Å². The van der Waals surface area contributed by atoms with Gasteiger partial charge in [0, 0.05) is 60.5 Å². The topological polar surface area (TPSA) is 199 Å². The van der Waals surface area contributed by atoms with E-state index in [9.17, 15) is 36.1 Å². The van der Waals surface area contributed by atoms with Crippen LogP contribution in [0.2, 0.25) is 0 Å². The summed E-state index contributed by atoms with van der Waals surface area (Å²) in [6.45, 7) is 0.344. The molecular weight excluding hydrogens is 773 g/mol. The lowest BCUT2D eigenvalue weighted by Gasteiger charge is -2.20. The molecule has 0 spiro atoms. The lowest BCUT2D eigenvalue weighted by atomic mass is 10.1. The van der Waals surface area contributed by atoms with Gasteiger partial charge in [0.2, 0.25) is 17.1 Å². The fourth-order valence-corrected chi connectivity index (χ4v) is 8.57. The van der Waals surface area contributed by atoms with Gasteiger partial charge in [-0.3, -0.25) is 24.1 Å². The minimum Gasteiger partial charge on any atom is -0.748 e. The van der Waals surface area contributed by atoms with Crippen LogP contribution in [0.4, 0.5) is 5.69 Å². The number of thioether (sulfide) groups is 1. The van der Waals surface area contributed by atoms with Crippen molar-refractivity contribution in [1.29, 1.82) is 0 Å². The number of carbonyl (C=O) groups is 2. The summed E-state index contributed by atoms with van der Waals surface area (Å²) in [6, 6.07) is 25.9. The summed E-state index contributed by atoms with van der Waals surface area (Å²) in [5, 5.41) is 12.1. The molecule has 0 saturated carbocycles. The van der Waals surface area contributed by atoms with E-state index in [1.807, 2.05) is 66.7 Å². The molecule has 2 aromatic carbocycles. The standard InChI is InChI=1S/C27H24N2O9S4.2C5H5N/c30-25-17(15-23-28(11-5-13-41(33,34)35)19-7-1-3-9-21(19)39-23)26(31)27(32)18(25)16-24-29(12-6-14-42(36,37)38)20-8-2-4-10-22(20)40-24;2*1-2-4-6-5-3-1/h1-4,7-10,15-16H,5-6,11-14H2,(H2-,30,31,32,33,34,35,36,37,38);2*1-5H. The Kier molecular flexibility index (Phi) is 13.6. The Morgan fingerprint density at radius 3 is 2.00 bits per heavy atom. The zero-order chi connectivity index (χ0) is 38.7. The summed E-state index contributed by atoms with van der Waals surface area (Å²) in [5.41, 5.74) is 1.05. The Morgan fingerprint density at radius 2 is 1.41 bits per heavy atom. The van der Waals surface area contributed by atoms with E-state index < -0.39 is 49.1 Å². The molecule has 7 rings (SSSR count). The highest BCUT2D eigenvalue weighted by molar-refractivity contribution is 8.03. The first-order chi connectivity index (χ1) is 25.8. The predicted molar refractivity (Wildman–Crippen MR) is 206 cm³/mol. The van der Waals surface area contributed by atoms with Crippen molar-refractivity contribution >= 4 is 76.9 Å². The van der Waals surface area contributed by atoms with Gasteiger partial charge in [0.1, 0.15) is 10.5 Å². The molecule has 0 bridgehead atoms. The number of rotatable bonds is 10. The van der Waals surface area contributed by atoms with Crippen molar-refractivity contribution in [2.45, 2.75) is 24.3 Å². The third-order valence-electron chi connectivity index (χ3n) is 7.71. The molecule has 280 valence electrons.